The van der Waals surface area contributed by atoms with Crippen LogP contribution in [-0.4, -0.2) is 24.1 Å². The predicted octanol–water partition coefficient (Wildman–Crippen LogP) is 4.13. The van der Waals surface area contributed by atoms with E-state index >= 15 is 0 Å². The van der Waals surface area contributed by atoms with Crippen LogP contribution in [0.3, 0.4) is 0 Å². The summed E-state index contributed by atoms with van der Waals surface area (Å²) in [6.45, 7) is 10.3. The third kappa shape index (κ3) is 3.97. The summed E-state index contributed by atoms with van der Waals surface area (Å²) in [5.74, 6) is 0.834. The van der Waals surface area contributed by atoms with Gasteiger partial charge in [-0.3, -0.25) is 0 Å². The normalized spacial score (nSPS) is 31.5. The number of hydrogen-bond donors (Lipinski definition) is 0. The van der Waals surface area contributed by atoms with E-state index < -0.39 is 0 Å². The number of ether oxygens (including phenoxy) is 1. The maximum Gasteiger partial charge on any atom is 0.0722 e. The van der Waals surface area contributed by atoms with Crippen molar-refractivity contribution in [3.63, 3.8) is 0 Å². The predicted molar refractivity (Wildman–Crippen MR) is 72.4 cm³/mol. The summed E-state index contributed by atoms with van der Waals surface area (Å²) in [7, 11) is 2.92. The van der Waals surface area contributed by atoms with Crippen LogP contribution in [0.2, 0.25) is 0 Å². The molecule has 1 nitrogen and oxygen atoms in total. The van der Waals surface area contributed by atoms with Gasteiger partial charge in [-0.2, -0.15) is 0 Å². The van der Waals surface area contributed by atoms with Crippen molar-refractivity contribution in [2.24, 2.45) is 5.92 Å². The highest BCUT2D eigenvalue weighted by Gasteiger charge is 2.35. The summed E-state index contributed by atoms with van der Waals surface area (Å²) in [5, 5.41) is 0. The van der Waals surface area contributed by atoms with E-state index in [4.69, 9.17) is 4.74 Å². The molecule has 4 heteroatoms. The molecule has 0 spiro atoms. The Hall–Kier alpha value is 1.17. The molecule has 0 N–H and O–H groups in total. The minimum absolute atomic E-state index is 0.0258. The zero-order valence-electron chi connectivity index (χ0n) is 9.62. The molecule has 1 aliphatic heterocycles. The molecule has 4 atom stereocenters. The van der Waals surface area contributed by atoms with Crippen molar-refractivity contribution in [1.29, 1.82) is 0 Å². The van der Waals surface area contributed by atoms with Gasteiger partial charge in [0.05, 0.1) is 6.10 Å². The third-order valence-electron chi connectivity index (χ3n) is 2.70. The van der Waals surface area contributed by atoms with Gasteiger partial charge in [-0.25, -0.2) is 0 Å². The summed E-state index contributed by atoms with van der Waals surface area (Å²) < 4.78 is 6.17. The van der Waals surface area contributed by atoms with Crippen LogP contribution in [0.5, 0.6) is 0 Å². The zero-order chi connectivity index (χ0) is 10.8. The molecule has 1 aliphatic rings. The lowest BCUT2D eigenvalue weighted by atomic mass is 9.91. The van der Waals surface area contributed by atoms with Crippen LogP contribution in [0, 0.1) is 5.92 Å². The Labute approximate surface area is 95.7 Å². The van der Waals surface area contributed by atoms with Crippen LogP contribution in [0.1, 0.15) is 33.6 Å². The van der Waals surface area contributed by atoms with E-state index in [1.165, 1.54) is 12.8 Å². The Morgan fingerprint density at radius 1 is 1.50 bits per heavy atom. The summed E-state index contributed by atoms with van der Waals surface area (Å²) in [5.41, 5.74) is 0. The smallest absolute Gasteiger partial charge is 0.0722 e. The monoisotopic (exact) mass is 252 g/mol. The van der Waals surface area contributed by atoms with Crippen LogP contribution in [0.15, 0.2) is 0 Å². The van der Waals surface area contributed by atoms with Crippen molar-refractivity contribution in [3.05, 3.63) is 0 Å². The van der Waals surface area contributed by atoms with Crippen molar-refractivity contribution in [1.82, 2.24) is 0 Å². The van der Waals surface area contributed by atoms with Gasteiger partial charge >= 0.3 is 0 Å². The molecule has 0 bridgehead atoms. The molecule has 1 saturated heterocycles. The molecule has 0 saturated carbocycles. The molecule has 0 radical (unpaired) electrons. The van der Waals surface area contributed by atoms with Crippen molar-refractivity contribution in [2.45, 2.75) is 44.5 Å². The van der Waals surface area contributed by atoms with E-state index in [9.17, 15) is 0 Å². The van der Waals surface area contributed by atoms with E-state index in [1.807, 2.05) is 0 Å². The number of rotatable bonds is 3. The third-order valence-corrected chi connectivity index (χ3v) is 6.95. The molecule has 0 aromatic heterocycles. The molecule has 0 amide bonds. The summed E-state index contributed by atoms with van der Waals surface area (Å²) in [4.78, 5) is 0. The second-order valence-corrected chi connectivity index (χ2v) is 12.8. The van der Waals surface area contributed by atoms with Gasteiger partial charge in [0.1, 0.15) is 0 Å². The Morgan fingerprint density at radius 3 is 2.64 bits per heavy atom. The first-order chi connectivity index (χ1) is 6.42. The topological polar surface area (TPSA) is 9.23 Å². The van der Waals surface area contributed by atoms with Crippen molar-refractivity contribution < 1.29 is 4.74 Å². The first-order valence-corrected chi connectivity index (χ1v) is 10.0. The highest BCUT2D eigenvalue weighted by Crippen LogP contribution is 2.60. The fourth-order valence-electron chi connectivity index (χ4n) is 1.88. The molecule has 0 aromatic rings. The Bertz CT molecular complexity index is 185. The van der Waals surface area contributed by atoms with Crippen LogP contribution < -0.4 is 0 Å². The second-order valence-electron chi connectivity index (χ2n) is 4.73. The first kappa shape index (κ1) is 13.2. The average Bonchev–Trinajstić information content (AvgIpc) is 2.01. The lowest BCUT2D eigenvalue weighted by Crippen LogP contribution is -2.39. The molecule has 1 fully saturated rings. The summed E-state index contributed by atoms with van der Waals surface area (Å²) in [6.07, 6.45) is 2.91. The van der Waals surface area contributed by atoms with E-state index in [-0.39, 0.29) is 11.6 Å². The summed E-state index contributed by atoms with van der Waals surface area (Å²) >= 11 is 2.07. The highest BCUT2D eigenvalue weighted by molar-refractivity contribution is 8.71. The molecule has 0 aromatic carbocycles. The lowest BCUT2D eigenvalue weighted by molar-refractivity contribution is -0.0206. The van der Waals surface area contributed by atoms with E-state index in [2.05, 4.69) is 47.7 Å². The summed E-state index contributed by atoms with van der Waals surface area (Å²) in [6, 6.07) is 0. The Balaban J connectivity index is 2.52. The Kier molecular flexibility index (Phi) is 5.18. The van der Waals surface area contributed by atoms with Gasteiger partial charge in [0.2, 0.25) is 0 Å². The highest BCUT2D eigenvalue weighted by atomic mass is 32.9. The van der Waals surface area contributed by atoms with E-state index in [1.54, 1.807) is 0 Å². The van der Waals surface area contributed by atoms with Gasteiger partial charge in [0.25, 0.3) is 0 Å². The minimum Gasteiger partial charge on any atom is -0.377 e. The standard InChI is InChI=1S/C10H22OP2S/c1-8-5-6-11-9(7-8)10(2,3)14-13(4)12/h8-9H,5-7,12H2,1-4H3. The van der Waals surface area contributed by atoms with Gasteiger partial charge < -0.3 is 4.74 Å². The van der Waals surface area contributed by atoms with Gasteiger partial charge in [-0.15, -0.1) is 20.3 Å². The second kappa shape index (κ2) is 5.48. The van der Waals surface area contributed by atoms with Crippen molar-refractivity contribution >= 4 is 27.1 Å². The molecule has 14 heavy (non-hydrogen) atoms. The molecule has 4 unspecified atom stereocenters. The van der Waals surface area contributed by atoms with Crippen LogP contribution in [0.25, 0.3) is 0 Å². The fraction of sp³-hybridized carbons (Fsp3) is 1.00. The maximum atomic E-state index is 5.89. The SMILES string of the molecule is CC1CCOC(C(C)(C)SP(C)P)C1. The molecular weight excluding hydrogens is 230 g/mol. The largest absolute Gasteiger partial charge is 0.377 e. The molecule has 0 aliphatic carbocycles. The molecule has 84 valence electrons. The molecule has 1 heterocycles. The van der Waals surface area contributed by atoms with Gasteiger partial charge in [-0.05, 0) is 46.1 Å². The minimum atomic E-state index is 0.0258. The van der Waals surface area contributed by atoms with Crippen molar-refractivity contribution in [2.75, 3.05) is 13.3 Å². The van der Waals surface area contributed by atoms with Gasteiger partial charge in [0.15, 0.2) is 0 Å². The quantitative estimate of drug-likeness (QED) is 0.698. The van der Waals surface area contributed by atoms with Gasteiger partial charge in [0, 0.05) is 11.4 Å². The van der Waals surface area contributed by atoms with E-state index in [0.29, 0.717) is 6.10 Å². The molecular formula is C10H22OP2S. The fourth-order valence-corrected chi connectivity index (χ4v) is 7.93. The average molecular weight is 252 g/mol. The first-order valence-electron chi connectivity index (χ1n) is 5.21. The number of hydrogen-bond acceptors (Lipinski definition) is 2. The van der Waals surface area contributed by atoms with Crippen LogP contribution in [-0.2, 0) is 4.74 Å². The van der Waals surface area contributed by atoms with Crippen molar-refractivity contribution in [3.8, 4) is 0 Å². The Morgan fingerprint density at radius 2 is 2.14 bits per heavy atom. The van der Waals surface area contributed by atoms with Crippen LogP contribution >= 0.6 is 27.1 Å². The molecule has 1 rings (SSSR count). The zero-order valence-corrected chi connectivity index (χ0v) is 12.5. The maximum absolute atomic E-state index is 5.89. The lowest BCUT2D eigenvalue weighted by Gasteiger charge is -2.39. The van der Waals surface area contributed by atoms with Gasteiger partial charge in [-0.1, -0.05) is 6.92 Å². The van der Waals surface area contributed by atoms with Crippen LogP contribution in [0.4, 0.5) is 0 Å². The van der Waals surface area contributed by atoms with E-state index in [0.717, 1.165) is 12.5 Å².